The van der Waals surface area contributed by atoms with Crippen molar-refractivity contribution in [3.63, 3.8) is 0 Å². The third-order valence-corrected chi connectivity index (χ3v) is 2.47. The van der Waals surface area contributed by atoms with Crippen LogP contribution in [0.2, 0.25) is 0 Å². The molecule has 1 aromatic rings. The zero-order valence-electron chi connectivity index (χ0n) is 10.8. The van der Waals surface area contributed by atoms with Gasteiger partial charge >= 0.3 is 0 Å². The molecule has 1 atom stereocenters. The third kappa shape index (κ3) is 3.14. The number of methoxy groups -OCH3 is 1. The first-order valence-corrected chi connectivity index (χ1v) is 5.75. The van der Waals surface area contributed by atoms with Gasteiger partial charge in [0.25, 0.3) is 0 Å². The Bertz CT molecular complexity index is 466. The number of anilines is 1. The maximum atomic E-state index is 11.6. The Morgan fingerprint density at radius 1 is 1.56 bits per heavy atom. The maximum Gasteiger partial charge on any atom is 0.242 e. The molecule has 0 aromatic heterocycles. The number of amides is 1. The largest absolute Gasteiger partial charge is 0.495 e. The highest BCUT2D eigenvalue weighted by atomic mass is 16.5. The van der Waals surface area contributed by atoms with E-state index in [1.165, 1.54) is 7.11 Å². The average molecular weight is 247 g/mol. The molecule has 0 aliphatic rings. The van der Waals surface area contributed by atoms with Crippen LogP contribution in [0.5, 0.6) is 5.75 Å². The van der Waals surface area contributed by atoms with Gasteiger partial charge in [-0.05, 0) is 26.0 Å². The lowest BCUT2D eigenvalue weighted by atomic mass is 10.1. The van der Waals surface area contributed by atoms with E-state index in [2.05, 4.69) is 16.7 Å². The second-order valence-corrected chi connectivity index (χ2v) is 3.76. The number of hydrogen-bond donors (Lipinski definition) is 2. The van der Waals surface area contributed by atoms with E-state index < -0.39 is 6.04 Å². The van der Waals surface area contributed by atoms with Crippen LogP contribution >= 0.6 is 0 Å². The fraction of sp³-hybridized carbons (Fsp3) is 0.385. The van der Waals surface area contributed by atoms with Crippen molar-refractivity contribution in [1.82, 2.24) is 5.32 Å². The van der Waals surface area contributed by atoms with Crippen molar-refractivity contribution < 1.29 is 9.53 Å². The predicted molar refractivity (Wildman–Crippen MR) is 69.5 cm³/mol. The molecule has 0 spiro atoms. The summed E-state index contributed by atoms with van der Waals surface area (Å²) in [4.78, 5) is 11.6. The van der Waals surface area contributed by atoms with Gasteiger partial charge < -0.3 is 15.4 Å². The van der Waals surface area contributed by atoms with Gasteiger partial charge in [-0.3, -0.25) is 4.79 Å². The summed E-state index contributed by atoms with van der Waals surface area (Å²) < 4.78 is 5.18. The number of benzene rings is 1. The summed E-state index contributed by atoms with van der Waals surface area (Å²) in [6, 6.07) is 6.79. The number of likely N-dealkylation sites (N-methyl/N-ethyl adjacent to an activating group) is 1. The monoisotopic (exact) mass is 247 g/mol. The molecule has 5 nitrogen and oxygen atoms in total. The van der Waals surface area contributed by atoms with Crippen molar-refractivity contribution in [2.24, 2.45) is 0 Å². The number of ether oxygens (including phenoxy) is 1. The van der Waals surface area contributed by atoms with E-state index in [4.69, 9.17) is 10.00 Å². The highest BCUT2D eigenvalue weighted by molar-refractivity contribution is 5.85. The van der Waals surface area contributed by atoms with Crippen LogP contribution in [0, 0.1) is 11.3 Å². The quantitative estimate of drug-likeness (QED) is 0.827. The standard InChI is InChI=1S/C13H17N3O2/c1-4-15-13(17)9(2)16-12-10(8-14)6-5-7-11(12)18-3/h5-7,9,16H,4H2,1-3H3,(H,15,17). The fourth-order valence-electron chi connectivity index (χ4n) is 1.55. The summed E-state index contributed by atoms with van der Waals surface area (Å²) >= 11 is 0. The Labute approximate surface area is 107 Å². The van der Waals surface area contributed by atoms with E-state index in [9.17, 15) is 4.79 Å². The number of carbonyl (C=O) groups is 1. The van der Waals surface area contributed by atoms with Crippen molar-refractivity contribution in [3.05, 3.63) is 23.8 Å². The van der Waals surface area contributed by atoms with E-state index in [-0.39, 0.29) is 5.91 Å². The first-order valence-electron chi connectivity index (χ1n) is 5.75. The minimum absolute atomic E-state index is 0.118. The molecule has 1 rings (SSSR count). The van der Waals surface area contributed by atoms with Crippen LogP contribution in [0.15, 0.2) is 18.2 Å². The lowest BCUT2D eigenvalue weighted by Crippen LogP contribution is -2.37. The number of nitrogens with zero attached hydrogens (tertiary/aromatic N) is 1. The summed E-state index contributed by atoms with van der Waals surface area (Å²) in [5.41, 5.74) is 0.992. The second kappa shape index (κ2) is 6.50. The summed E-state index contributed by atoms with van der Waals surface area (Å²) in [5.74, 6) is 0.428. The molecule has 18 heavy (non-hydrogen) atoms. The average Bonchev–Trinajstić information content (AvgIpc) is 2.39. The molecule has 96 valence electrons. The van der Waals surface area contributed by atoms with Gasteiger partial charge in [0.05, 0.1) is 18.4 Å². The number of carbonyl (C=O) groups excluding carboxylic acids is 1. The van der Waals surface area contributed by atoms with Crippen LogP contribution in [-0.4, -0.2) is 25.6 Å². The molecule has 2 N–H and O–H groups in total. The summed E-state index contributed by atoms with van der Waals surface area (Å²) in [6.07, 6.45) is 0. The van der Waals surface area contributed by atoms with Crippen LogP contribution in [-0.2, 0) is 4.79 Å². The van der Waals surface area contributed by atoms with Gasteiger partial charge in [0.2, 0.25) is 5.91 Å². The van der Waals surface area contributed by atoms with Gasteiger partial charge in [-0.1, -0.05) is 6.07 Å². The molecular formula is C13H17N3O2. The lowest BCUT2D eigenvalue weighted by Gasteiger charge is -2.17. The highest BCUT2D eigenvalue weighted by Crippen LogP contribution is 2.28. The number of nitrogens with one attached hydrogen (secondary N) is 2. The van der Waals surface area contributed by atoms with Crippen LogP contribution < -0.4 is 15.4 Å². The number of rotatable bonds is 5. The van der Waals surface area contributed by atoms with Crippen LogP contribution in [0.3, 0.4) is 0 Å². The van der Waals surface area contributed by atoms with Gasteiger partial charge in [-0.25, -0.2) is 0 Å². The van der Waals surface area contributed by atoms with E-state index in [0.717, 1.165) is 0 Å². The molecule has 0 radical (unpaired) electrons. The predicted octanol–water partition coefficient (Wildman–Crippen LogP) is 1.50. The van der Waals surface area contributed by atoms with Gasteiger partial charge in [-0.2, -0.15) is 5.26 Å². The molecule has 0 bridgehead atoms. The normalized spacial score (nSPS) is 11.2. The van der Waals surface area contributed by atoms with Gasteiger partial charge in [0, 0.05) is 6.54 Å². The Kier molecular flexibility index (Phi) is 5.00. The SMILES string of the molecule is CCNC(=O)C(C)Nc1c(C#N)cccc1OC. The van der Waals surface area contributed by atoms with Crippen molar-refractivity contribution in [2.45, 2.75) is 19.9 Å². The van der Waals surface area contributed by atoms with Gasteiger partial charge in [-0.15, -0.1) is 0 Å². The number of nitriles is 1. The van der Waals surface area contributed by atoms with Crippen molar-refractivity contribution in [3.8, 4) is 11.8 Å². The fourth-order valence-corrected chi connectivity index (χ4v) is 1.55. The Balaban J connectivity index is 2.96. The Morgan fingerprint density at radius 3 is 2.83 bits per heavy atom. The lowest BCUT2D eigenvalue weighted by molar-refractivity contribution is -0.121. The summed E-state index contributed by atoms with van der Waals surface area (Å²) in [6.45, 7) is 4.16. The molecule has 1 aromatic carbocycles. The van der Waals surface area contributed by atoms with Crippen LogP contribution in [0.25, 0.3) is 0 Å². The van der Waals surface area contributed by atoms with E-state index in [1.54, 1.807) is 25.1 Å². The van der Waals surface area contributed by atoms with Gasteiger partial charge in [0.15, 0.2) is 0 Å². The van der Waals surface area contributed by atoms with Crippen molar-refractivity contribution in [2.75, 3.05) is 19.0 Å². The molecule has 5 heteroatoms. The minimum Gasteiger partial charge on any atom is -0.495 e. The van der Waals surface area contributed by atoms with E-state index in [1.807, 2.05) is 6.92 Å². The first kappa shape index (κ1) is 13.8. The molecule has 0 heterocycles. The molecule has 0 saturated heterocycles. The third-order valence-electron chi connectivity index (χ3n) is 2.47. The zero-order valence-corrected chi connectivity index (χ0v) is 10.8. The number of para-hydroxylation sites is 1. The molecule has 0 saturated carbocycles. The van der Waals surface area contributed by atoms with E-state index in [0.29, 0.717) is 23.5 Å². The molecule has 1 amide bonds. The van der Waals surface area contributed by atoms with Crippen molar-refractivity contribution >= 4 is 11.6 Å². The van der Waals surface area contributed by atoms with E-state index >= 15 is 0 Å². The van der Waals surface area contributed by atoms with Crippen molar-refractivity contribution in [1.29, 1.82) is 5.26 Å². The summed E-state index contributed by atoms with van der Waals surface area (Å²) in [5, 5.41) is 14.8. The topological polar surface area (TPSA) is 74.2 Å². The molecule has 0 aliphatic heterocycles. The van der Waals surface area contributed by atoms with Gasteiger partial charge in [0.1, 0.15) is 17.9 Å². The summed E-state index contributed by atoms with van der Waals surface area (Å²) in [7, 11) is 1.53. The molecular weight excluding hydrogens is 230 g/mol. The first-order chi connectivity index (χ1) is 8.63. The Hall–Kier alpha value is -2.22. The molecule has 0 fully saturated rings. The zero-order chi connectivity index (χ0) is 13.5. The Morgan fingerprint density at radius 2 is 2.28 bits per heavy atom. The molecule has 0 aliphatic carbocycles. The maximum absolute atomic E-state index is 11.6. The highest BCUT2D eigenvalue weighted by Gasteiger charge is 2.16. The molecule has 1 unspecified atom stereocenters. The number of hydrogen-bond acceptors (Lipinski definition) is 4. The second-order valence-electron chi connectivity index (χ2n) is 3.76. The van der Waals surface area contributed by atoms with Crippen LogP contribution in [0.4, 0.5) is 5.69 Å². The smallest absolute Gasteiger partial charge is 0.242 e. The minimum atomic E-state index is -0.437. The van der Waals surface area contributed by atoms with Crippen LogP contribution in [0.1, 0.15) is 19.4 Å².